The number of aromatic nitrogens is 4. The van der Waals surface area contributed by atoms with Gasteiger partial charge in [0.05, 0.1) is 6.61 Å². The van der Waals surface area contributed by atoms with Crippen LogP contribution >= 0.6 is 0 Å². The van der Waals surface area contributed by atoms with Gasteiger partial charge in [-0.1, -0.05) is 6.07 Å². The molecular weight excluding hydrogens is 457 g/mol. The Balaban J connectivity index is 1.63. The number of anilines is 2. The van der Waals surface area contributed by atoms with Gasteiger partial charge in [-0.05, 0) is 44.0 Å². The molecule has 1 aromatic carbocycles. The fraction of sp³-hybridized carbons (Fsp3) is 0.381. The zero-order chi connectivity index (χ0) is 24.9. The number of hydrogen-bond donors (Lipinski definition) is 2. The number of aryl methyl sites for hydroxylation is 2. The number of hydrogen-bond acceptors (Lipinski definition) is 7. The number of amides is 2. The molecule has 2 heterocycles. The summed E-state index contributed by atoms with van der Waals surface area (Å²) in [6, 6.07) is 6.49. The Morgan fingerprint density at radius 2 is 1.79 bits per heavy atom. The smallest absolute Gasteiger partial charge is 0.447 e. The minimum Gasteiger partial charge on any atom is -0.447 e. The van der Waals surface area contributed by atoms with Crippen molar-refractivity contribution in [2.75, 3.05) is 31.0 Å². The molecule has 2 N–H and O–H groups in total. The Kier molecular flexibility index (Phi) is 7.66. The lowest BCUT2D eigenvalue weighted by molar-refractivity contribution is -0.144. The highest BCUT2D eigenvalue weighted by atomic mass is 19.4. The molecule has 2 amide bonds. The largest absolute Gasteiger partial charge is 0.453 e. The van der Waals surface area contributed by atoms with Gasteiger partial charge in [-0.2, -0.15) is 18.2 Å². The topological polar surface area (TPSA) is 120 Å². The molecule has 182 valence electrons. The molecular formula is C21H23F3N6O4. The molecule has 0 saturated heterocycles. The van der Waals surface area contributed by atoms with E-state index in [1.165, 1.54) is 7.11 Å². The molecule has 0 bridgehead atoms. The second-order valence-electron chi connectivity index (χ2n) is 7.29. The van der Waals surface area contributed by atoms with Gasteiger partial charge < -0.3 is 14.8 Å². The van der Waals surface area contributed by atoms with Crippen molar-refractivity contribution in [3.63, 3.8) is 0 Å². The number of carbonyl (C=O) groups is 2. The number of carbonyl (C=O) groups excluding carboxylic acids is 2. The maximum Gasteiger partial charge on any atom is 0.453 e. The van der Waals surface area contributed by atoms with Crippen molar-refractivity contribution < 1.29 is 32.2 Å². The van der Waals surface area contributed by atoms with Crippen LogP contribution in [0.2, 0.25) is 0 Å². The molecule has 2 aromatic heterocycles. The van der Waals surface area contributed by atoms with Gasteiger partial charge in [-0.25, -0.2) is 14.3 Å². The van der Waals surface area contributed by atoms with Crippen LogP contribution < -0.4 is 10.6 Å². The van der Waals surface area contributed by atoms with Crippen molar-refractivity contribution >= 4 is 29.2 Å². The second kappa shape index (κ2) is 10.5. The van der Waals surface area contributed by atoms with E-state index in [1.807, 2.05) is 0 Å². The lowest BCUT2D eigenvalue weighted by Gasteiger charge is -2.11. The van der Waals surface area contributed by atoms with Crippen molar-refractivity contribution in [3.8, 4) is 0 Å². The highest BCUT2D eigenvalue weighted by molar-refractivity contribution is 5.92. The first kappa shape index (κ1) is 24.9. The van der Waals surface area contributed by atoms with Gasteiger partial charge in [-0.15, -0.1) is 5.10 Å². The molecule has 10 nitrogen and oxygen atoms in total. The van der Waals surface area contributed by atoms with Crippen molar-refractivity contribution in [3.05, 3.63) is 47.0 Å². The van der Waals surface area contributed by atoms with Crippen LogP contribution in [0.3, 0.4) is 0 Å². The maximum atomic E-state index is 12.9. The van der Waals surface area contributed by atoms with Gasteiger partial charge >= 0.3 is 12.3 Å². The standard InChI is InChI=1S/C21H23F3N6O4/c1-12-16(13(2)30-19(25-12)28-18(29-30)21(22,23)24)7-8-17(31)26-14-5-4-6-15(11-14)27-20(32)34-10-9-33-3/h4-6,11H,7-10H2,1-3H3,(H,26,31)(H,27,32). The third-order valence-corrected chi connectivity index (χ3v) is 4.82. The van der Waals surface area contributed by atoms with Crippen LogP contribution in [0.4, 0.5) is 29.3 Å². The molecule has 0 saturated carbocycles. The van der Waals surface area contributed by atoms with E-state index in [2.05, 4.69) is 25.7 Å². The predicted molar refractivity (Wildman–Crippen MR) is 115 cm³/mol. The summed E-state index contributed by atoms with van der Waals surface area (Å²) in [4.78, 5) is 31.7. The van der Waals surface area contributed by atoms with Gasteiger partial charge in [0.25, 0.3) is 11.6 Å². The van der Waals surface area contributed by atoms with Crippen molar-refractivity contribution in [2.45, 2.75) is 32.9 Å². The first-order valence-electron chi connectivity index (χ1n) is 10.2. The average molecular weight is 480 g/mol. The van der Waals surface area contributed by atoms with Crippen LogP contribution in [0.25, 0.3) is 5.78 Å². The summed E-state index contributed by atoms with van der Waals surface area (Å²) in [6.07, 6.45) is -5.06. The van der Waals surface area contributed by atoms with E-state index < -0.39 is 18.1 Å². The molecule has 0 radical (unpaired) electrons. The molecule has 3 aromatic rings. The number of ether oxygens (including phenoxy) is 2. The highest BCUT2D eigenvalue weighted by Crippen LogP contribution is 2.27. The number of nitrogens with one attached hydrogen (secondary N) is 2. The molecule has 0 aliphatic rings. The van der Waals surface area contributed by atoms with Crippen LogP contribution in [-0.2, 0) is 26.9 Å². The predicted octanol–water partition coefficient (Wildman–Crippen LogP) is 3.53. The van der Waals surface area contributed by atoms with Gasteiger partial charge in [0.2, 0.25) is 5.91 Å². The molecule has 0 aliphatic carbocycles. The van der Waals surface area contributed by atoms with Gasteiger partial charge in [0, 0.05) is 36.3 Å². The van der Waals surface area contributed by atoms with E-state index in [1.54, 1.807) is 38.1 Å². The van der Waals surface area contributed by atoms with Crippen molar-refractivity contribution in [1.82, 2.24) is 19.6 Å². The quantitative estimate of drug-likeness (QED) is 0.474. The zero-order valence-electron chi connectivity index (χ0n) is 18.7. The molecule has 0 unspecified atom stereocenters. The summed E-state index contributed by atoms with van der Waals surface area (Å²) in [5, 5.41) is 8.77. The Morgan fingerprint density at radius 1 is 1.09 bits per heavy atom. The van der Waals surface area contributed by atoms with Crippen LogP contribution in [0.5, 0.6) is 0 Å². The SMILES string of the molecule is COCCOC(=O)Nc1cccc(NC(=O)CCc2c(C)nc3nc(C(F)(F)F)nn3c2C)c1. The van der Waals surface area contributed by atoms with Crippen molar-refractivity contribution in [1.29, 1.82) is 0 Å². The summed E-state index contributed by atoms with van der Waals surface area (Å²) in [6.45, 7) is 3.61. The van der Waals surface area contributed by atoms with E-state index in [0.29, 0.717) is 28.3 Å². The summed E-state index contributed by atoms with van der Waals surface area (Å²) in [7, 11) is 1.49. The third kappa shape index (κ3) is 6.19. The molecule has 0 fully saturated rings. The van der Waals surface area contributed by atoms with E-state index in [9.17, 15) is 22.8 Å². The lowest BCUT2D eigenvalue weighted by Crippen LogP contribution is -2.17. The minimum absolute atomic E-state index is 0.0480. The average Bonchev–Trinajstić information content (AvgIpc) is 3.19. The monoisotopic (exact) mass is 480 g/mol. The number of fused-ring (bicyclic) bond motifs is 1. The second-order valence-corrected chi connectivity index (χ2v) is 7.29. The number of alkyl halides is 3. The minimum atomic E-state index is -4.68. The maximum absolute atomic E-state index is 12.9. The zero-order valence-corrected chi connectivity index (χ0v) is 18.7. The molecule has 13 heteroatoms. The number of benzene rings is 1. The van der Waals surface area contributed by atoms with E-state index in [0.717, 1.165) is 4.52 Å². The lowest BCUT2D eigenvalue weighted by atomic mass is 10.1. The normalized spacial score (nSPS) is 11.5. The van der Waals surface area contributed by atoms with Crippen molar-refractivity contribution in [2.24, 2.45) is 0 Å². The van der Waals surface area contributed by atoms with Crippen LogP contribution in [0.15, 0.2) is 24.3 Å². The number of rotatable bonds is 8. The van der Waals surface area contributed by atoms with Crippen LogP contribution in [-0.4, -0.2) is 51.9 Å². The van der Waals surface area contributed by atoms with Crippen LogP contribution in [0, 0.1) is 13.8 Å². The molecule has 34 heavy (non-hydrogen) atoms. The molecule has 0 atom stereocenters. The van der Waals surface area contributed by atoms with Gasteiger partial charge in [-0.3, -0.25) is 10.1 Å². The Morgan fingerprint density at radius 3 is 2.47 bits per heavy atom. The third-order valence-electron chi connectivity index (χ3n) is 4.82. The number of nitrogens with zero attached hydrogens (tertiary/aromatic N) is 4. The summed E-state index contributed by atoms with van der Waals surface area (Å²) >= 11 is 0. The summed E-state index contributed by atoms with van der Waals surface area (Å²) in [5.74, 6) is -1.75. The molecule has 0 aliphatic heterocycles. The van der Waals surface area contributed by atoms with E-state index in [4.69, 9.17) is 9.47 Å². The first-order valence-corrected chi connectivity index (χ1v) is 10.2. The fourth-order valence-electron chi connectivity index (χ4n) is 3.20. The van der Waals surface area contributed by atoms with Crippen LogP contribution in [0.1, 0.15) is 29.2 Å². The van der Waals surface area contributed by atoms with E-state index >= 15 is 0 Å². The molecule has 0 spiro atoms. The Hall–Kier alpha value is -3.74. The molecule has 3 rings (SSSR count). The number of methoxy groups -OCH3 is 1. The Labute approximate surface area is 192 Å². The summed E-state index contributed by atoms with van der Waals surface area (Å²) in [5.41, 5.74) is 2.38. The number of halogens is 3. The first-order chi connectivity index (χ1) is 16.1. The summed E-state index contributed by atoms with van der Waals surface area (Å²) < 4.78 is 49.6. The Bertz CT molecular complexity index is 1200. The highest BCUT2D eigenvalue weighted by Gasteiger charge is 2.37. The van der Waals surface area contributed by atoms with E-state index in [-0.39, 0.29) is 37.7 Å². The van der Waals surface area contributed by atoms with Gasteiger partial charge in [0.1, 0.15) is 6.61 Å². The fourth-order valence-corrected chi connectivity index (χ4v) is 3.20. The van der Waals surface area contributed by atoms with Gasteiger partial charge in [0.15, 0.2) is 0 Å².